The fourth-order valence-corrected chi connectivity index (χ4v) is 3.37. The highest BCUT2D eigenvalue weighted by Crippen LogP contribution is 2.34. The van der Waals surface area contributed by atoms with Gasteiger partial charge in [-0.1, -0.05) is 23.7 Å². The Kier molecular flexibility index (Phi) is 5.57. The molecule has 160 valence electrons. The van der Waals surface area contributed by atoms with E-state index in [1.54, 1.807) is 49.6 Å². The zero-order chi connectivity index (χ0) is 22.8. The number of aromatic nitrogens is 2. The number of hydrogen-bond acceptors (Lipinski definition) is 6. The van der Waals surface area contributed by atoms with E-state index in [0.29, 0.717) is 27.7 Å². The first kappa shape index (κ1) is 21.0. The molecule has 0 unspecified atom stereocenters. The third-order valence-electron chi connectivity index (χ3n) is 4.83. The monoisotopic (exact) mass is 450 g/mol. The molecule has 0 aliphatic rings. The van der Waals surface area contributed by atoms with Crippen molar-refractivity contribution in [3.63, 3.8) is 0 Å². The standard InChI is InChI=1S/C22H15ClN4O5/c1-32-18-9-4-14(5-10-18)19-13-21(15-2-6-16(23)7-3-15)25(24-19)20-11-8-17(26(28)29)12-22(20)27(30)31/h2-13H,1H3. The number of nitro benzene ring substituents is 2. The van der Waals surface area contributed by atoms with Crippen LogP contribution in [0.15, 0.2) is 72.8 Å². The lowest BCUT2D eigenvalue weighted by atomic mass is 10.1. The van der Waals surface area contributed by atoms with E-state index in [1.165, 1.54) is 16.8 Å². The summed E-state index contributed by atoms with van der Waals surface area (Å²) in [5, 5.41) is 28.0. The summed E-state index contributed by atoms with van der Waals surface area (Å²) in [7, 11) is 1.57. The Bertz CT molecular complexity index is 1320. The maximum Gasteiger partial charge on any atom is 0.301 e. The van der Waals surface area contributed by atoms with Crippen LogP contribution >= 0.6 is 11.6 Å². The molecule has 1 heterocycles. The highest BCUT2D eigenvalue weighted by molar-refractivity contribution is 6.30. The van der Waals surface area contributed by atoms with Crippen molar-refractivity contribution in [2.75, 3.05) is 7.11 Å². The lowest BCUT2D eigenvalue weighted by Gasteiger charge is -2.08. The average molecular weight is 451 g/mol. The van der Waals surface area contributed by atoms with Gasteiger partial charge in [-0.05, 0) is 48.5 Å². The van der Waals surface area contributed by atoms with Crippen LogP contribution in [0.1, 0.15) is 0 Å². The molecule has 4 aromatic rings. The predicted octanol–water partition coefficient (Wildman–Crippen LogP) is 5.68. The van der Waals surface area contributed by atoms with E-state index in [-0.39, 0.29) is 11.4 Å². The van der Waals surface area contributed by atoms with Crippen LogP contribution in [0.25, 0.3) is 28.2 Å². The summed E-state index contributed by atoms with van der Waals surface area (Å²) < 4.78 is 6.60. The second-order valence-corrected chi connectivity index (χ2v) is 7.19. The number of rotatable bonds is 6. The Balaban J connectivity index is 1.94. The summed E-state index contributed by atoms with van der Waals surface area (Å²) in [6.45, 7) is 0. The second kappa shape index (κ2) is 8.48. The molecule has 0 amide bonds. The van der Waals surface area contributed by atoms with Crippen LogP contribution in [0.2, 0.25) is 5.02 Å². The van der Waals surface area contributed by atoms with E-state index in [2.05, 4.69) is 5.10 Å². The summed E-state index contributed by atoms with van der Waals surface area (Å²) >= 11 is 6.01. The van der Waals surface area contributed by atoms with Crippen LogP contribution in [-0.2, 0) is 0 Å². The van der Waals surface area contributed by atoms with Gasteiger partial charge in [-0.3, -0.25) is 20.2 Å². The van der Waals surface area contributed by atoms with Gasteiger partial charge < -0.3 is 4.74 Å². The van der Waals surface area contributed by atoms with Crippen LogP contribution in [0.3, 0.4) is 0 Å². The van der Waals surface area contributed by atoms with E-state index in [4.69, 9.17) is 16.3 Å². The van der Waals surface area contributed by atoms with Crippen molar-refractivity contribution in [3.8, 4) is 34.0 Å². The lowest BCUT2D eigenvalue weighted by molar-refractivity contribution is -0.394. The molecule has 9 nitrogen and oxygen atoms in total. The molecule has 4 rings (SSSR count). The highest BCUT2D eigenvalue weighted by atomic mass is 35.5. The quantitative estimate of drug-likeness (QED) is 0.275. The Hall–Kier alpha value is -4.24. The maximum absolute atomic E-state index is 11.7. The molecule has 0 fully saturated rings. The van der Waals surface area contributed by atoms with E-state index < -0.39 is 15.5 Å². The lowest BCUT2D eigenvalue weighted by Crippen LogP contribution is -2.04. The Morgan fingerprint density at radius 3 is 2.12 bits per heavy atom. The van der Waals surface area contributed by atoms with Gasteiger partial charge in [0.1, 0.15) is 11.4 Å². The minimum atomic E-state index is -0.678. The molecule has 0 saturated heterocycles. The van der Waals surface area contributed by atoms with Crippen molar-refractivity contribution < 1.29 is 14.6 Å². The molecule has 3 aromatic carbocycles. The first-order valence-corrected chi connectivity index (χ1v) is 9.69. The van der Waals surface area contributed by atoms with Crippen LogP contribution in [0, 0.1) is 20.2 Å². The normalized spacial score (nSPS) is 10.7. The van der Waals surface area contributed by atoms with Gasteiger partial charge in [-0.2, -0.15) is 5.10 Å². The Morgan fingerprint density at radius 1 is 0.875 bits per heavy atom. The van der Waals surface area contributed by atoms with E-state index >= 15 is 0 Å². The van der Waals surface area contributed by atoms with Crippen molar-refractivity contribution in [1.82, 2.24) is 9.78 Å². The van der Waals surface area contributed by atoms with E-state index in [0.717, 1.165) is 11.6 Å². The van der Waals surface area contributed by atoms with Gasteiger partial charge in [0.2, 0.25) is 0 Å². The average Bonchev–Trinajstić information content (AvgIpc) is 3.24. The van der Waals surface area contributed by atoms with Gasteiger partial charge in [-0.15, -0.1) is 0 Å². The van der Waals surface area contributed by atoms with Gasteiger partial charge in [-0.25, -0.2) is 4.68 Å². The van der Waals surface area contributed by atoms with Gasteiger partial charge in [0.25, 0.3) is 5.69 Å². The molecular weight excluding hydrogens is 436 g/mol. The van der Waals surface area contributed by atoms with E-state index in [1.807, 2.05) is 12.1 Å². The number of non-ortho nitro benzene ring substituents is 1. The minimum absolute atomic E-state index is 0.102. The second-order valence-electron chi connectivity index (χ2n) is 6.75. The number of halogens is 1. The van der Waals surface area contributed by atoms with Gasteiger partial charge in [0.15, 0.2) is 0 Å². The summed E-state index contributed by atoms with van der Waals surface area (Å²) in [6.07, 6.45) is 0. The molecule has 32 heavy (non-hydrogen) atoms. The molecular formula is C22H15ClN4O5. The predicted molar refractivity (Wildman–Crippen MR) is 119 cm³/mol. The number of nitrogens with zero attached hydrogens (tertiary/aromatic N) is 4. The molecule has 0 aliphatic heterocycles. The van der Waals surface area contributed by atoms with E-state index in [9.17, 15) is 20.2 Å². The highest BCUT2D eigenvalue weighted by Gasteiger charge is 2.24. The van der Waals surface area contributed by atoms with Crippen molar-refractivity contribution in [2.45, 2.75) is 0 Å². The van der Waals surface area contributed by atoms with Crippen molar-refractivity contribution in [3.05, 3.63) is 98.0 Å². The Morgan fingerprint density at radius 2 is 1.53 bits per heavy atom. The van der Waals surface area contributed by atoms with Crippen molar-refractivity contribution in [1.29, 1.82) is 0 Å². The number of benzene rings is 3. The topological polar surface area (TPSA) is 113 Å². The van der Waals surface area contributed by atoms with Crippen LogP contribution < -0.4 is 4.74 Å². The Labute approximate surface area is 186 Å². The number of nitro groups is 2. The number of ether oxygens (including phenoxy) is 1. The van der Waals surface area contributed by atoms with Gasteiger partial charge >= 0.3 is 5.69 Å². The molecule has 0 saturated carbocycles. The number of methoxy groups -OCH3 is 1. The summed E-state index contributed by atoms with van der Waals surface area (Å²) in [5.74, 6) is 0.678. The molecule has 0 atom stereocenters. The zero-order valence-corrected chi connectivity index (χ0v) is 17.4. The van der Waals surface area contributed by atoms with Crippen LogP contribution in [-0.4, -0.2) is 26.7 Å². The number of hydrogen-bond donors (Lipinski definition) is 0. The smallest absolute Gasteiger partial charge is 0.301 e. The molecule has 0 bridgehead atoms. The fourth-order valence-electron chi connectivity index (χ4n) is 3.24. The summed E-state index contributed by atoms with van der Waals surface area (Å²) in [6, 6.07) is 19.4. The van der Waals surface area contributed by atoms with Gasteiger partial charge in [0, 0.05) is 22.2 Å². The minimum Gasteiger partial charge on any atom is -0.497 e. The molecule has 0 aliphatic carbocycles. The SMILES string of the molecule is COc1ccc(-c2cc(-c3ccc(Cl)cc3)n(-c3ccc([N+](=O)[O-])cc3[N+](=O)[O-])n2)cc1. The largest absolute Gasteiger partial charge is 0.497 e. The molecule has 10 heteroatoms. The third-order valence-corrected chi connectivity index (χ3v) is 5.08. The first-order valence-electron chi connectivity index (χ1n) is 9.31. The third kappa shape index (κ3) is 4.01. The maximum atomic E-state index is 11.7. The summed E-state index contributed by atoms with van der Waals surface area (Å²) in [5.41, 5.74) is 1.90. The van der Waals surface area contributed by atoms with Crippen molar-refractivity contribution in [2.24, 2.45) is 0 Å². The fraction of sp³-hybridized carbons (Fsp3) is 0.0455. The first-order chi connectivity index (χ1) is 15.4. The van der Waals surface area contributed by atoms with Crippen LogP contribution in [0.4, 0.5) is 11.4 Å². The molecule has 0 radical (unpaired) electrons. The summed E-state index contributed by atoms with van der Waals surface area (Å²) in [4.78, 5) is 21.5. The van der Waals surface area contributed by atoms with Gasteiger partial charge in [0.05, 0.1) is 34.4 Å². The van der Waals surface area contributed by atoms with Crippen LogP contribution in [0.5, 0.6) is 5.75 Å². The molecule has 0 spiro atoms. The zero-order valence-electron chi connectivity index (χ0n) is 16.6. The molecule has 1 aromatic heterocycles. The molecule has 0 N–H and O–H groups in total. The van der Waals surface area contributed by atoms with Crippen molar-refractivity contribution >= 4 is 23.0 Å².